The molecule has 9 heteroatoms. The molecule has 3 aromatic rings. The summed E-state index contributed by atoms with van der Waals surface area (Å²) in [6.45, 7) is 8.61. The van der Waals surface area contributed by atoms with Crippen molar-refractivity contribution >= 4 is 33.4 Å². The van der Waals surface area contributed by atoms with Crippen molar-refractivity contribution in [1.29, 1.82) is 0 Å². The van der Waals surface area contributed by atoms with E-state index < -0.39 is 34.6 Å². The number of hydrogen-bond acceptors (Lipinski definition) is 5. The molecule has 0 bridgehead atoms. The average molecular weight is 517 g/mol. The van der Waals surface area contributed by atoms with Gasteiger partial charge in [0.05, 0.1) is 4.90 Å². The highest BCUT2D eigenvalue weighted by Gasteiger charge is 2.30. The van der Waals surface area contributed by atoms with Gasteiger partial charge in [-0.3, -0.25) is 9.59 Å². The van der Waals surface area contributed by atoms with Gasteiger partial charge >= 0.3 is 5.97 Å². The average Bonchev–Trinajstić information content (AvgIpc) is 3.10. The lowest BCUT2D eigenvalue weighted by molar-refractivity contribution is -0.145. The van der Waals surface area contributed by atoms with Crippen LogP contribution in [0.15, 0.2) is 59.5 Å². The number of esters is 1. The first kappa shape index (κ1) is 26.7. The third-order valence-corrected chi connectivity index (χ3v) is 7.40. The van der Waals surface area contributed by atoms with Crippen LogP contribution in [0.5, 0.6) is 0 Å². The maximum absolute atomic E-state index is 12.9. The fourth-order valence-electron chi connectivity index (χ4n) is 3.75. The van der Waals surface area contributed by atoms with Crippen LogP contribution in [0.3, 0.4) is 0 Å². The van der Waals surface area contributed by atoms with Crippen molar-refractivity contribution in [1.82, 2.24) is 9.29 Å². The van der Waals surface area contributed by atoms with E-state index in [1.165, 1.54) is 24.3 Å². The minimum Gasteiger partial charge on any atom is -0.456 e. The molecule has 0 aliphatic heterocycles. The Bertz CT molecular complexity index is 1330. The minimum absolute atomic E-state index is 0.0278. The summed E-state index contributed by atoms with van der Waals surface area (Å²) in [6.07, 6.45) is 0. The summed E-state index contributed by atoms with van der Waals surface area (Å²) in [5.74, 6) is -1.60. The Morgan fingerprint density at radius 3 is 2.17 bits per heavy atom. The van der Waals surface area contributed by atoms with Crippen molar-refractivity contribution < 1.29 is 22.7 Å². The van der Waals surface area contributed by atoms with Gasteiger partial charge in [-0.25, -0.2) is 8.42 Å². The molecule has 0 aliphatic carbocycles. The van der Waals surface area contributed by atoms with Gasteiger partial charge in [0.1, 0.15) is 6.04 Å². The molecule has 0 unspecified atom stereocenters. The van der Waals surface area contributed by atoms with Crippen LogP contribution in [-0.4, -0.2) is 37.4 Å². The molecule has 0 spiro atoms. The monoisotopic (exact) mass is 516 g/mol. The molecule has 0 radical (unpaired) electrons. The van der Waals surface area contributed by atoms with Crippen molar-refractivity contribution in [2.24, 2.45) is 5.92 Å². The van der Waals surface area contributed by atoms with E-state index in [-0.39, 0.29) is 10.7 Å². The molecular weight excluding hydrogens is 488 g/mol. The van der Waals surface area contributed by atoms with Crippen molar-refractivity contribution in [2.45, 2.75) is 45.6 Å². The van der Waals surface area contributed by atoms with Crippen LogP contribution in [0.4, 0.5) is 0 Å². The summed E-state index contributed by atoms with van der Waals surface area (Å²) in [5, 5.41) is 0.393. The Kier molecular flexibility index (Phi) is 8.20. The summed E-state index contributed by atoms with van der Waals surface area (Å²) >= 11 is 5.83. The van der Waals surface area contributed by atoms with Crippen LogP contribution >= 0.6 is 11.6 Å². The van der Waals surface area contributed by atoms with Crippen molar-refractivity contribution in [3.63, 3.8) is 0 Å². The number of sulfonamides is 1. The summed E-state index contributed by atoms with van der Waals surface area (Å²) < 4.78 is 35.1. The highest BCUT2D eigenvalue weighted by atomic mass is 35.5. The third-order valence-electron chi connectivity index (χ3n) is 5.70. The number of hydrogen-bond donors (Lipinski definition) is 1. The number of Topliss-reactive ketones (excluding diaryl/α,β-unsaturated/α-hetero) is 1. The topological polar surface area (TPSA) is 94.5 Å². The van der Waals surface area contributed by atoms with Crippen molar-refractivity contribution in [3.8, 4) is 5.69 Å². The number of ketones is 1. The predicted molar refractivity (Wildman–Crippen MR) is 136 cm³/mol. The van der Waals surface area contributed by atoms with Crippen LogP contribution in [0.1, 0.15) is 41.2 Å². The van der Waals surface area contributed by atoms with Gasteiger partial charge in [-0.05, 0) is 69.2 Å². The first-order valence-corrected chi connectivity index (χ1v) is 13.0. The van der Waals surface area contributed by atoms with E-state index in [2.05, 4.69) is 4.72 Å². The fraction of sp³-hybridized carbons (Fsp3) is 0.308. The van der Waals surface area contributed by atoms with E-state index in [1.54, 1.807) is 19.9 Å². The number of carbonyl (C=O) groups is 2. The fourth-order valence-corrected chi connectivity index (χ4v) is 5.20. The maximum atomic E-state index is 12.9. The van der Waals surface area contributed by atoms with Crippen LogP contribution in [0.2, 0.25) is 5.02 Å². The van der Waals surface area contributed by atoms with Crippen molar-refractivity contribution in [3.05, 3.63) is 82.1 Å². The number of carbonyl (C=O) groups excluding carboxylic acids is 2. The Hall–Kier alpha value is -2.94. The summed E-state index contributed by atoms with van der Waals surface area (Å²) in [5.41, 5.74) is 4.11. The van der Waals surface area contributed by atoms with Gasteiger partial charge in [0, 0.05) is 27.7 Å². The van der Waals surface area contributed by atoms with E-state index in [0.29, 0.717) is 10.6 Å². The largest absolute Gasteiger partial charge is 0.456 e. The maximum Gasteiger partial charge on any atom is 0.324 e. The SMILES string of the molecule is Cc1ccc(-n2c(C)cc(C(=O)COC(=O)[C@H](NS(=O)(=O)c3ccc(Cl)cc3)C(C)C)c2C)cc1. The first-order chi connectivity index (χ1) is 16.4. The lowest BCUT2D eigenvalue weighted by atomic mass is 10.1. The molecule has 0 saturated heterocycles. The molecule has 1 atom stereocenters. The molecule has 186 valence electrons. The van der Waals surface area contributed by atoms with E-state index in [1.807, 2.05) is 49.6 Å². The van der Waals surface area contributed by atoms with E-state index in [0.717, 1.165) is 22.6 Å². The second-order valence-corrected chi connectivity index (χ2v) is 10.9. The summed E-state index contributed by atoms with van der Waals surface area (Å²) in [7, 11) is -4.00. The third kappa shape index (κ3) is 6.20. The number of benzene rings is 2. The molecule has 3 rings (SSSR count). The van der Waals surface area contributed by atoms with Gasteiger partial charge in [-0.2, -0.15) is 4.72 Å². The zero-order chi connectivity index (χ0) is 25.9. The second kappa shape index (κ2) is 10.8. The summed E-state index contributed by atoms with van der Waals surface area (Å²) in [4.78, 5) is 25.6. The molecule has 1 heterocycles. The van der Waals surface area contributed by atoms with Crippen LogP contribution in [0.25, 0.3) is 5.69 Å². The number of ether oxygens (including phenoxy) is 1. The predicted octanol–water partition coefficient (Wildman–Crippen LogP) is 4.78. The lowest BCUT2D eigenvalue weighted by Gasteiger charge is -2.20. The van der Waals surface area contributed by atoms with Gasteiger partial charge in [0.15, 0.2) is 6.61 Å². The van der Waals surface area contributed by atoms with Crippen LogP contribution in [0, 0.1) is 26.7 Å². The normalized spacial score (nSPS) is 12.5. The van der Waals surface area contributed by atoms with Crippen molar-refractivity contribution in [2.75, 3.05) is 6.61 Å². The molecule has 2 aromatic carbocycles. The van der Waals surface area contributed by atoms with Crippen LogP contribution in [-0.2, 0) is 19.6 Å². The number of halogens is 1. The zero-order valence-electron chi connectivity index (χ0n) is 20.3. The van der Waals surface area contributed by atoms with Gasteiger partial charge < -0.3 is 9.30 Å². The molecule has 0 amide bonds. The molecular formula is C26H29ClN2O5S. The smallest absolute Gasteiger partial charge is 0.324 e. The minimum atomic E-state index is -4.00. The standard InChI is InChI=1S/C26H29ClN2O5S/c1-16(2)25(28-35(32,33)22-12-8-20(27)9-13-22)26(31)34-15-24(30)23-14-18(4)29(19(23)5)21-10-6-17(3)7-11-21/h6-14,16,25,28H,15H2,1-5H3/t25-/m1/s1. The molecule has 0 fully saturated rings. The van der Waals surface area contributed by atoms with Gasteiger partial charge in [-0.1, -0.05) is 43.1 Å². The number of aromatic nitrogens is 1. The second-order valence-electron chi connectivity index (χ2n) is 8.78. The molecule has 7 nitrogen and oxygen atoms in total. The Morgan fingerprint density at radius 1 is 1.00 bits per heavy atom. The zero-order valence-corrected chi connectivity index (χ0v) is 21.9. The Balaban J connectivity index is 1.73. The van der Waals surface area contributed by atoms with E-state index >= 15 is 0 Å². The van der Waals surface area contributed by atoms with Crippen LogP contribution < -0.4 is 4.72 Å². The molecule has 35 heavy (non-hydrogen) atoms. The van der Waals surface area contributed by atoms with E-state index in [4.69, 9.17) is 16.3 Å². The Labute approximate surface area is 211 Å². The van der Waals surface area contributed by atoms with Gasteiger partial charge in [0.25, 0.3) is 0 Å². The number of aryl methyl sites for hydroxylation is 2. The highest BCUT2D eigenvalue weighted by Crippen LogP contribution is 2.22. The first-order valence-electron chi connectivity index (χ1n) is 11.1. The highest BCUT2D eigenvalue weighted by molar-refractivity contribution is 7.89. The summed E-state index contributed by atoms with van der Waals surface area (Å²) in [6, 6.07) is 14.1. The number of nitrogens with one attached hydrogen (secondary N) is 1. The van der Waals surface area contributed by atoms with Gasteiger partial charge in [-0.15, -0.1) is 0 Å². The molecule has 1 N–H and O–H groups in total. The number of nitrogens with zero attached hydrogens (tertiary/aromatic N) is 1. The molecule has 0 saturated carbocycles. The quantitative estimate of drug-likeness (QED) is 0.326. The molecule has 1 aromatic heterocycles. The lowest BCUT2D eigenvalue weighted by Crippen LogP contribution is -2.45. The van der Waals surface area contributed by atoms with Gasteiger partial charge in [0.2, 0.25) is 15.8 Å². The number of rotatable bonds is 9. The Morgan fingerprint density at radius 2 is 1.60 bits per heavy atom. The molecule has 0 aliphatic rings. The van der Waals surface area contributed by atoms with E-state index in [9.17, 15) is 18.0 Å².